The molecule has 1 saturated heterocycles. The molecule has 3 N–H and O–H groups in total. The summed E-state index contributed by atoms with van der Waals surface area (Å²) in [4.78, 5) is 4.40. The van der Waals surface area contributed by atoms with E-state index < -0.39 is 0 Å². The van der Waals surface area contributed by atoms with Gasteiger partial charge in [0.05, 0.1) is 5.69 Å². The van der Waals surface area contributed by atoms with Crippen molar-refractivity contribution in [2.75, 3.05) is 31.6 Å². The van der Waals surface area contributed by atoms with Gasteiger partial charge in [-0.2, -0.15) is 0 Å². The molecule has 116 valence electrons. The Morgan fingerprint density at radius 2 is 2.14 bits per heavy atom. The Morgan fingerprint density at radius 3 is 2.67 bits per heavy atom. The zero-order valence-corrected chi connectivity index (χ0v) is 12.6. The molecular weight excluding hydrogens is 271 g/mol. The summed E-state index contributed by atoms with van der Waals surface area (Å²) in [6.45, 7) is 5.33. The van der Waals surface area contributed by atoms with Crippen molar-refractivity contribution < 1.29 is 9.60 Å². The quantitative estimate of drug-likeness (QED) is 0.385. The van der Waals surface area contributed by atoms with Crippen LogP contribution in [-0.4, -0.2) is 48.7 Å². The van der Waals surface area contributed by atoms with Crippen LogP contribution in [0.25, 0.3) is 0 Å². The molecule has 1 heterocycles. The highest BCUT2D eigenvalue weighted by atomic mass is 19.1. The Labute approximate surface area is 124 Å². The minimum atomic E-state index is -0.348. The van der Waals surface area contributed by atoms with Gasteiger partial charge in [0.1, 0.15) is 5.82 Å². The predicted molar refractivity (Wildman–Crippen MR) is 82.4 cm³/mol. The molecule has 0 atom stereocenters. The number of piperidine rings is 1. The highest BCUT2D eigenvalue weighted by Gasteiger charge is 2.23. The molecule has 2 rings (SSSR count). The number of nitrogens with two attached hydrogens (primary N) is 1. The molecule has 0 radical (unpaired) electrons. The summed E-state index contributed by atoms with van der Waals surface area (Å²) in [5.74, 6) is -0.432. The van der Waals surface area contributed by atoms with Gasteiger partial charge >= 0.3 is 0 Å². The van der Waals surface area contributed by atoms with E-state index in [9.17, 15) is 4.39 Å². The van der Waals surface area contributed by atoms with Crippen molar-refractivity contribution in [1.29, 1.82) is 0 Å². The molecule has 1 aliphatic heterocycles. The molecule has 0 amide bonds. The highest BCUT2D eigenvalue weighted by Crippen LogP contribution is 2.25. The molecular formula is C15H23FN4O. The second kappa shape index (κ2) is 6.76. The van der Waals surface area contributed by atoms with Gasteiger partial charge in [-0.1, -0.05) is 12.1 Å². The largest absolute Gasteiger partial charge is 0.409 e. The summed E-state index contributed by atoms with van der Waals surface area (Å²) in [5.41, 5.74) is 6.41. The summed E-state index contributed by atoms with van der Waals surface area (Å²) in [5, 5.41) is 11.5. The van der Waals surface area contributed by atoms with Gasteiger partial charge in [0, 0.05) is 31.7 Å². The normalized spacial score (nSPS) is 18.0. The van der Waals surface area contributed by atoms with E-state index in [0.29, 0.717) is 17.3 Å². The maximum atomic E-state index is 14.3. The summed E-state index contributed by atoms with van der Waals surface area (Å²) in [6, 6.07) is 5.01. The fraction of sp³-hybridized carbons (Fsp3) is 0.533. The molecule has 0 aliphatic carbocycles. The van der Waals surface area contributed by atoms with Gasteiger partial charge in [-0.25, -0.2) is 4.39 Å². The second-order valence-electron chi connectivity index (χ2n) is 5.43. The lowest BCUT2D eigenvalue weighted by Gasteiger charge is -2.37. The van der Waals surface area contributed by atoms with Crippen molar-refractivity contribution in [3.05, 3.63) is 29.6 Å². The number of anilines is 1. The molecule has 0 unspecified atom stereocenters. The lowest BCUT2D eigenvalue weighted by Crippen LogP contribution is -2.43. The third-order valence-electron chi connectivity index (χ3n) is 4.28. The monoisotopic (exact) mass is 294 g/mol. The zero-order chi connectivity index (χ0) is 15.4. The standard InChI is InChI=1S/C15H23FN4O/c1-3-20-8-6-12(7-9-20)19(2)14-5-4-11(10-13(14)16)15(17)18-21/h4-5,10,12,21H,3,6-9H2,1-2H3,(H2,17,18). The number of amidine groups is 1. The fourth-order valence-electron chi connectivity index (χ4n) is 2.83. The van der Waals surface area contributed by atoms with Crippen LogP contribution in [0.1, 0.15) is 25.3 Å². The Morgan fingerprint density at radius 1 is 1.48 bits per heavy atom. The van der Waals surface area contributed by atoms with Crippen LogP contribution in [0.2, 0.25) is 0 Å². The Balaban J connectivity index is 2.11. The molecule has 21 heavy (non-hydrogen) atoms. The average molecular weight is 294 g/mol. The second-order valence-corrected chi connectivity index (χ2v) is 5.43. The number of rotatable bonds is 4. The van der Waals surface area contributed by atoms with Crippen LogP contribution in [0.3, 0.4) is 0 Å². The highest BCUT2D eigenvalue weighted by molar-refractivity contribution is 5.97. The Bertz CT molecular complexity index is 512. The van der Waals surface area contributed by atoms with Crippen molar-refractivity contribution in [3.63, 3.8) is 0 Å². The van der Waals surface area contributed by atoms with Gasteiger partial charge in [0.2, 0.25) is 0 Å². The molecule has 1 aliphatic rings. The maximum absolute atomic E-state index is 14.3. The molecule has 1 aromatic carbocycles. The predicted octanol–water partition coefficient (Wildman–Crippen LogP) is 1.84. The SMILES string of the molecule is CCN1CCC(N(C)c2ccc(C(N)=NO)cc2F)CC1. The molecule has 1 aromatic rings. The summed E-state index contributed by atoms with van der Waals surface area (Å²) in [6.07, 6.45) is 2.07. The molecule has 5 nitrogen and oxygen atoms in total. The van der Waals surface area contributed by atoms with Crippen molar-refractivity contribution in [2.45, 2.75) is 25.8 Å². The molecule has 0 saturated carbocycles. The number of nitrogens with zero attached hydrogens (tertiary/aromatic N) is 3. The molecule has 1 fully saturated rings. The summed E-state index contributed by atoms with van der Waals surface area (Å²) in [7, 11) is 1.92. The Kier molecular flexibility index (Phi) is 5.01. The van der Waals surface area contributed by atoms with Crippen LogP contribution < -0.4 is 10.6 Å². The van der Waals surface area contributed by atoms with E-state index in [2.05, 4.69) is 17.0 Å². The van der Waals surface area contributed by atoms with Crippen molar-refractivity contribution in [2.24, 2.45) is 10.9 Å². The molecule has 0 aromatic heterocycles. The third-order valence-corrected chi connectivity index (χ3v) is 4.28. The third kappa shape index (κ3) is 3.44. The van der Waals surface area contributed by atoms with Crippen LogP contribution in [0, 0.1) is 5.82 Å². The van der Waals surface area contributed by atoms with E-state index in [4.69, 9.17) is 10.9 Å². The number of oxime groups is 1. The number of likely N-dealkylation sites (tertiary alicyclic amines) is 1. The van der Waals surface area contributed by atoms with E-state index in [1.54, 1.807) is 12.1 Å². The van der Waals surface area contributed by atoms with Gasteiger partial charge in [0.25, 0.3) is 0 Å². The number of halogens is 1. The minimum Gasteiger partial charge on any atom is -0.409 e. The number of hydrogen-bond donors (Lipinski definition) is 2. The first kappa shape index (κ1) is 15.6. The van der Waals surface area contributed by atoms with E-state index in [0.717, 1.165) is 32.5 Å². The first-order chi connectivity index (χ1) is 10.1. The summed E-state index contributed by atoms with van der Waals surface area (Å²) >= 11 is 0. The van der Waals surface area contributed by atoms with Crippen LogP contribution >= 0.6 is 0 Å². The van der Waals surface area contributed by atoms with Crippen LogP contribution in [-0.2, 0) is 0 Å². The maximum Gasteiger partial charge on any atom is 0.170 e. The minimum absolute atomic E-state index is 0.0839. The average Bonchev–Trinajstić information content (AvgIpc) is 2.53. The molecule has 0 spiro atoms. The van der Waals surface area contributed by atoms with Crippen LogP contribution in [0.5, 0.6) is 0 Å². The smallest absolute Gasteiger partial charge is 0.170 e. The van der Waals surface area contributed by atoms with Gasteiger partial charge in [-0.3, -0.25) is 0 Å². The van der Waals surface area contributed by atoms with Gasteiger partial charge in [0.15, 0.2) is 5.84 Å². The van der Waals surface area contributed by atoms with Crippen LogP contribution in [0.4, 0.5) is 10.1 Å². The number of benzene rings is 1. The summed E-state index contributed by atoms with van der Waals surface area (Å²) < 4.78 is 14.3. The van der Waals surface area contributed by atoms with Crippen LogP contribution in [0.15, 0.2) is 23.4 Å². The van der Waals surface area contributed by atoms with E-state index in [1.807, 2.05) is 11.9 Å². The van der Waals surface area contributed by atoms with Gasteiger partial charge < -0.3 is 20.7 Å². The molecule has 0 bridgehead atoms. The van der Waals surface area contributed by atoms with E-state index in [1.165, 1.54) is 6.07 Å². The topological polar surface area (TPSA) is 65.1 Å². The fourth-order valence-corrected chi connectivity index (χ4v) is 2.83. The van der Waals surface area contributed by atoms with Crippen molar-refractivity contribution in [3.8, 4) is 0 Å². The van der Waals surface area contributed by atoms with E-state index in [-0.39, 0.29) is 11.7 Å². The molecule has 6 heteroatoms. The first-order valence-electron chi connectivity index (χ1n) is 7.29. The lowest BCUT2D eigenvalue weighted by molar-refractivity contribution is 0.220. The first-order valence-corrected chi connectivity index (χ1v) is 7.29. The van der Waals surface area contributed by atoms with Gasteiger partial charge in [-0.05, 0) is 37.6 Å². The number of hydrogen-bond acceptors (Lipinski definition) is 4. The van der Waals surface area contributed by atoms with Gasteiger partial charge in [-0.15, -0.1) is 0 Å². The van der Waals surface area contributed by atoms with E-state index >= 15 is 0 Å². The Hall–Kier alpha value is -1.82. The zero-order valence-electron chi connectivity index (χ0n) is 12.6. The lowest BCUT2D eigenvalue weighted by atomic mass is 10.0. The van der Waals surface area contributed by atoms with Crippen molar-refractivity contribution in [1.82, 2.24) is 4.90 Å². The van der Waals surface area contributed by atoms with Crippen molar-refractivity contribution >= 4 is 11.5 Å².